The fraction of sp³-hybridized carbons (Fsp3) is 0.190. The van der Waals surface area contributed by atoms with Crippen molar-refractivity contribution in [1.29, 1.82) is 0 Å². The monoisotopic (exact) mass is 396 g/mol. The van der Waals surface area contributed by atoms with Crippen molar-refractivity contribution in [2.45, 2.75) is 13.3 Å². The van der Waals surface area contributed by atoms with Gasteiger partial charge < -0.3 is 15.4 Å². The second-order valence-corrected chi connectivity index (χ2v) is 6.44. The highest BCUT2D eigenvalue weighted by atomic mass is 35.5. The molecule has 3 rings (SSSR count). The lowest BCUT2D eigenvalue weighted by Crippen LogP contribution is -2.15. The van der Waals surface area contributed by atoms with Crippen molar-refractivity contribution in [1.82, 2.24) is 9.97 Å². The van der Waals surface area contributed by atoms with Crippen molar-refractivity contribution in [3.05, 3.63) is 77.2 Å². The van der Waals surface area contributed by atoms with Gasteiger partial charge in [0, 0.05) is 17.3 Å². The van der Waals surface area contributed by atoms with E-state index in [1.165, 1.54) is 6.20 Å². The SMILES string of the molecule is CCOc1ccc(NC(=O)c2cnc(NCCc3cccc(Cl)c3)cn2)cc1. The molecule has 0 unspecified atom stereocenters. The number of ether oxygens (including phenoxy) is 1. The van der Waals surface area contributed by atoms with Crippen molar-refractivity contribution < 1.29 is 9.53 Å². The maximum Gasteiger partial charge on any atom is 0.275 e. The van der Waals surface area contributed by atoms with Crippen LogP contribution < -0.4 is 15.4 Å². The van der Waals surface area contributed by atoms with Gasteiger partial charge in [0.05, 0.1) is 19.0 Å². The molecule has 0 aliphatic heterocycles. The molecule has 7 heteroatoms. The Kier molecular flexibility index (Phi) is 6.81. The summed E-state index contributed by atoms with van der Waals surface area (Å²) in [6.07, 6.45) is 3.80. The molecule has 0 atom stereocenters. The lowest BCUT2D eigenvalue weighted by Gasteiger charge is -2.08. The summed E-state index contributed by atoms with van der Waals surface area (Å²) in [4.78, 5) is 20.7. The molecule has 0 fully saturated rings. The van der Waals surface area contributed by atoms with Crippen molar-refractivity contribution >= 4 is 29.0 Å². The Morgan fingerprint density at radius 1 is 1.11 bits per heavy atom. The first-order valence-electron chi connectivity index (χ1n) is 8.98. The van der Waals surface area contributed by atoms with Crippen molar-refractivity contribution in [3.8, 4) is 5.75 Å². The van der Waals surface area contributed by atoms with Crippen LogP contribution >= 0.6 is 11.6 Å². The van der Waals surface area contributed by atoms with Gasteiger partial charge in [0.25, 0.3) is 5.91 Å². The number of amides is 1. The molecule has 0 aliphatic carbocycles. The zero-order valence-electron chi connectivity index (χ0n) is 15.5. The van der Waals surface area contributed by atoms with E-state index in [1.54, 1.807) is 30.5 Å². The van der Waals surface area contributed by atoms with Crippen LogP contribution in [0.25, 0.3) is 0 Å². The molecular formula is C21H21ClN4O2. The van der Waals surface area contributed by atoms with Gasteiger partial charge in [-0.1, -0.05) is 23.7 Å². The lowest BCUT2D eigenvalue weighted by atomic mass is 10.1. The molecule has 0 radical (unpaired) electrons. The minimum absolute atomic E-state index is 0.245. The Balaban J connectivity index is 1.50. The van der Waals surface area contributed by atoms with Gasteiger partial charge in [-0.3, -0.25) is 4.79 Å². The molecule has 3 aromatic rings. The molecule has 0 spiro atoms. The second kappa shape index (κ2) is 9.71. The Labute approximate surface area is 168 Å². The number of hydrogen-bond donors (Lipinski definition) is 2. The van der Waals surface area contributed by atoms with E-state index < -0.39 is 0 Å². The molecule has 2 N–H and O–H groups in total. The van der Waals surface area contributed by atoms with Crippen LogP contribution in [0.3, 0.4) is 0 Å². The number of rotatable bonds is 8. The Morgan fingerprint density at radius 3 is 2.61 bits per heavy atom. The fourth-order valence-electron chi connectivity index (χ4n) is 2.56. The number of halogens is 1. The van der Waals surface area contributed by atoms with Crippen LogP contribution in [0.4, 0.5) is 11.5 Å². The van der Waals surface area contributed by atoms with Gasteiger partial charge in [0.2, 0.25) is 0 Å². The van der Waals surface area contributed by atoms with Gasteiger partial charge in [-0.15, -0.1) is 0 Å². The summed E-state index contributed by atoms with van der Waals surface area (Å²) >= 11 is 5.98. The number of benzene rings is 2. The average molecular weight is 397 g/mol. The first-order valence-corrected chi connectivity index (χ1v) is 9.36. The minimum Gasteiger partial charge on any atom is -0.494 e. The molecule has 0 bridgehead atoms. The number of carbonyl (C=O) groups excluding carboxylic acids is 1. The highest BCUT2D eigenvalue weighted by Crippen LogP contribution is 2.16. The normalized spacial score (nSPS) is 10.4. The molecule has 1 heterocycles. The molecule has 0 saturated carbocycles. The van der Waals surface area contributed by atoms with E-state index in [-0.39, 0.29) is 11.6 Å². The maximum atomic E-state index is 12.3. The number of aromatic nitrogens is 2. The molecule has 144 valence electrons. The van der Waals surface area contributed by atoms with Crippen LogP contribution in [0.5, 0.6) is 5.75 Å². The summed E-state index contributed by atoms with van der Waals surface area (Å²) in [6, 6.07) is 14.9. The van der Waals surface area contributed by atoms with Crippen LogP contribution in [-0.4, -0.2) is 29.0 Å². The summed E-state index contributed by atoms with van der Waals surface area (Å²) in [5.74, 6) is 1.05. The number of hydrogen-bond acceptors (Lipinski definition) is 5. The van der Waals surface area contributed by atoms with Crippen LogP contribution in [0.15, 0.2) is 60.9 Å². The van der Waals surface area contributed by atoms with E-state index in [2.05, 4.69) is 20.6 Å². The fourth-order valence-corrected chi connectivity index (χ4v) is 2.77. The first kappa shape index (κ1) is 19.6. The third kappa shape index (κ3) is 5.69. The predicted molar refractivity (Wildman–Crippen MR) is 111 cm³/mol. The highest BCUT2D eigenvalue weighted by Gasteiger charge is 2.09. The predicted octanol–water partition coefficient (Wildman–Crippen LogP) is 4.44. The zero-order valence-corrected chi connectivity index (χ0v) is 16.2. The molecule has 1 aromatic heterocycles. The number of carbonyl (C=O) groups is 1. The van der Waals surface area contributed by atoms with Crippen LogP contribution in [0.2, 0.25) is 5.02 Å². The van der Waals surface area contributed by atoms with Gasteiger partial charge in [-0.05, 0) is 55.3 Å². The minimum atomic E-state index is -0.317. The second-order valence-electron chi connectivity index (χ2n) is 6.01. The summed E-state index contributed by atoms with van der Waals surface area (Å²) < 4.78 is 5.38. The number of nitrogens with zero attached hydrogens (tertiary/aromatic N) is 2. The topological polar surface area (TPSA) is 76.1 Å². The van der Waals surface area contributed by atoms with Crippen molar-refractivity contribution in [2.24, 2.45) is 0 Å². The quantitative estimate of drug-likeness (QED) is 0.588. The largest absolute Gasteiger partial charge is 0.494 e. The number of nitrogens with one attached hydrogen (secondary N) is 2. The average Bonchev–Trinajstić information content (AvgIpc) is 2.70. The van der Waals surface area contributed by atoms with E-state index in [1.807, 2.05) is 31.2 Å². The van der Waals surface area contributed by atoms with E-state index >= 15 is 0 Å². The first-order chi connectivity index (χ1) is 13.6. The summed E-state index contributed by atoms with van der Waals surface area (Å²) in [6.45, 7) is 3.21. The Morgan fingerprint density at radius 2 is 1.93 bits per heavy atom. The van der Waals surface area contributed by atoms with Gasteiger partial charge in [0.15, 0.2) is 0 Å². The van der Waals surface area contributed by atoms with E-state index in [0.29, 0.717) is 24.7 Å². The zero-order chi connectivity index (χ0) is 19.8. The smallest absolute Gasteiger partial charge is 0.275 e. The summed E-state index contributed by atoms with van der Waals surface area (Å²) in [7, 11) is 0. The van der Waals surface area contributed by atoms with Gasteiger partial charge in [-0.25, -0.2) is 9.97 Å². The molecule has 6 nitrogen and oxygen atoms in total. The summed E-state index contributed by atoms with van der Waals surface area (Å²) in [5.41, 5.74) is 2.05. The highest BCUT2D eigenvalue weighted by molar-refractivity contribution is 6.30. The standard InChI is InChI=1S/C21H21ClN4O2/c1-2-28-18-8-6-17(7-9-18)26-21(27)19-13-25-20(14-24-19)23-11-10-15-4-3-5-16(22)12-15/h3-9,12-14H,2,10-11H2,1H3,(H,23,25)(H,26,27). The third-order valence-electron chi connectivity index (χ3n) is 3.92. The van der Waals surface area contributed by atoms with Crippen LogP contribution in [0, 0.1) is 0 Å². The van der Waals surface area contributed by atoms with Gasteiger partial charge >= 0.3 is 0 Å². The third-order valence-corrected chi connectivity index (χ3v) is 4.15. The maximum absolute atomic E-state index is 12.3. The van der Waals surface area contributed by atoms with Gasteiger partial charge in [0.1, 0.15) is 17.3 Å². The molecular weight excluding hydrogens is 376 g/mol. The molecule has 0 aliphatic rings. The van der Waals surface area contributed by atoms with Gasteiger partial charge in [-0.2, -0.15) is 0 Å². The van der Waals surface area contributed by atoms with Crippen LogP contribution in [-0.2, 0) is 6.42 Å². The van der Waals surface area contributed by atoms with E-state index in [9.17, 15) is 4.79 Å². The van der Waals surface area contributed by atoms with E-state index in [0.717, 1.165) is 22.8 Å². The molecule has 28 heavy (non-hydrogen) atoms. The molecule has 2 aromatic carbocycles. The van der Waals surface area contributed by atoms with Crippen LogP contribution in [0.1, 0.15) is 23.0 Å². The summed E-state index contributed by atoms with van der Waals surface area (Å²) in [5, 5.41) is 6.69. The number of anilines is 2. The van der Waals surface area contributed by atoms with E-state index in [4.69, 9.17) is 16.3 Å². The molecule has 1 amide bonds. The van der Waals surface area contributed by atoms with Crippen molar-refractivity contribution in [2.75, 3.05) is 23.8 Å². The lowest BCUT2D eigenvalue weighted by molar-refractivity contribution is 0.102. The van der Waals surface area contributed by atoms with Crippen molar-refractivity contribution in [3.63, 3.8) is 0 Å². The molecule has 0 saturated heterocycles. The Bertz CT molecular complexity index is 914. The Hall–Kier alpha value is -3.12.